The van der Waals surface area contributed by atoms with Gasteiger partial charge in [-0.2, -0.15) is 0 Å². The Morgan fingerprint density at radius 2 is 2.25 bits per heavy atom. The van der Waals surface area contributed by atoms with Crippen LogP contribution in [0.4, 0.5) is 4.39 Å². The molecule has 1 fully saturated rings. The van der Waals surface area contributed by atoms with Gasteiger partial charge in [0.25, 0.3) is 0 Å². The van der Waals surface area contributed by atoms with E-state index in [2.05, 4.69) is 14.9 Å². The summed E-state index contributed by atoms with van der Waals surface area (Å²) in [6.07, 6.45) is 4.40. The first-order valence-corrected chi connectivity index (χ1v) is 7.19. The molecule has 1 saturated carbocycles. The predicted molar refractivity (Wildman–Crippen MR) is 77.3 cm³/mol. The van der Waals surface area contributed by atoms with Crippen LogP contribution in [0.3, 0.4) is 0 Å². The molecule has 0 unspecified atom stereocenters. The smallest absolute Gasteiger partial charge is 0.142 e. The number of halogens is 2. The lowest BCUT2D eigenvalue weighted by Crippen LogP contribution is -2.18. The average molecular weight is 294 g/mol. The molecular weight excluding hydrogens is 277 g/mol. The highest BCUT2D eigenvalue weighted by Crippen LogP contribution is 2.20. The quantitative estimate of drug-likeness (QED) is 0.917. The van der Waals surface area contributed by atoms with E-state index in [1.165, 1.54) is 18.9 Å². The number of rotatable bonds is 5. The third-order valence-corrected chi connectivity index (χ3v) is 3.92. The molecular formula is C15H17ClFN3. The molecule has 1 aromatic heterocycles. The topological polar surface area (TPSA) is 29.9 Å². The van der Waals surface area contributed by atoms with Gasteiger partial charge in [0.1, 0.15) is 11.6 Å². The van der Waals surface area contributed by atoms with Gasteiger partial charge in [0.2, 0.25) is 0 Å². The van der Waals surface area contributed by atoms with Crippen molar-refractivity contribution in [3.05, 3.63) is 52.3 Å². The number of imidazole rings is 1. The van der Waals surface area contributed by atoms with Crippen molar-refractivity contribution < 1.29 is 4.39 Å². The first-order valence-electron chi connectivity index (χ1n) is 6.82. The monoisotopic (exact) mass is 293 g/mol. The third kappa shape index (κ3) is 3.02. The minimum absolute atomic E-state index is 0.159. The van der Waals surface area contributed by atoms with Crippen molar-refractivity contribution in [2.75, 3.05) is 0 Å². The standard InChI is InChI=1S/C15H17ClFN3/c1-10-18-7-13(8-19-12-3-4-12)20(10)9-11-2-5-14(16)15(17)6-11/h2,5-7,12,19H,3-4,8-9H2,1H3. The van der Waals surface area contributed by atoms with Crippen molar-refractivity contribution in [3.8, 4) is 0 Å². The van der Waals surface area contributed by atoms with Crippen LogP contribution in [0.15, 0.2) is 24.4 Å². The van der Waals surface area contributed by atoms with E-state index in [0.717, 1.165) is 23.6 Å². The Labute approximate surface area is 122 Å². The second-order valence-corrected chi connectivity index (χ2v) is 5.69. The number of hydrogen-bond donors (Lipinski definition) is 1. The number of benzene rings is 1. The van der Waals surface area contributed by atoms with Gasteiger partial charge in [0, 0.05) is 25.3 Å². The van der Waals surface area contributed by atoms with Gasteiger partial charge < -0.3 is 9.88 Å². The van der Waals surface area contributed by atoms with Crippen LogP contribution in [0, 0.1) is 12.7 Å². The van der Waals surface area contributed by atoms with Crippen molar-refractivity contribution in [3.63, 3.8) is 0 Å². The zero-order valence-electron chi connectivity index (χ0n) is 11.4. The van der Waals surface area contributed by atoms with Crippen molar-refractivity contribution in [1.29, 1.82) is 0 Å². The number of aromatic nitrogens is 2. The Morgan fingerprint density at radius 3 is 2.95 bits per heavy atom. The molecule has 1 aliphatic rings. The number of nitrogens with one attached hydrogen (secondary N) is 1. The second kappa shape index (κ2) is 5.54. The Hall–Kier alpha value is -1.39. The van der Waals surface area contributed by atoms with Crippen LogP contribution in [0.25, 0.3) is 0 Å². The average Bonchev–Trinajstić information content (AvgIpc) is 3.19. The molecule has 20 heavy (non-hydrogen) atoms. The molecule has 0 saturated heterocycles. The number of nitrogens with zero attached hydrogens (tertiary/aromatic N) is 2. The highest BCUT2D eigenvalue weighted by molar-refractivity contribution is 6.30. The fourth-order valence-electron chi connectivity index (χ4n) is 2.23. The number of aryl methyl sites for hydroxylation is 1. The van der Waals surface area contributed by atoms with Gasteiger partial charge in [-0.3, -0.25) is 0 Å². The molecule has 0 radical (unpaired) electrons. The van der Waals surface area contributed by atoms with Crippen molar-refractivity contribution >= 4 is 11.6 Å². The lowest BCUT2D eigenvalue weighted by molar-refractivity contribution is 0.612. The van der Waals surface area contributed by atoms with Crippen LogP contribution >= 0.6 is 11.6 Å². The Kier molecular flexibility index (Phi) is 3.76. The summed E-state index contributed by atoms with van der Waals surface area (Å²) >= 11 is 5.71. The third-order valence-electron chi connectivity index (χ3n) is 3.61. The molecule has 0 aliphatic heterocycles. The maximum atomic E-state index is 13.5. The summed E-state index contributed by atoms with van der Waals surface area (Å²) in [6, 6.07) is 5.59. The van der Waals surface area contributed by atoms with E-state index < -0.39 is 0 Å². The Balaban J connectivity index is 1.77. The fourth-order valence-corrected chi connectivity index (χ4v) is 2.35. The molecule has 0 bridgehead atoms. The normalized spacial score (nSPS) is 14.8. The highest BCUT2D eigenvalue weighted by Gasteiger charge is 2.21. The minimum atomic E-state index is -0.375. The van der Waals surface area contributed by atoms with Gasteiger partial charge in [-0.1, -0.05) is 17.7 Å². The fraction of sp³-hybridized carbons (Fsp3) is 0.400. The van der Waals surface area contributed by atoms with Crippen LogP contribution in [-0.2, 0) is 13.1 Å². The summed E-state index contributed by atoms with van der Waals surface area (Å²) in [5.41, 5.74) is 2.02. The molecule has 2 aromatic rings. The Morgan fingerprint density at radius 1 is 1.45 bits per heavy atom. The first-order chi connectivity index (χ1) is 9.63. The van der Waals surface area contributed by atoms with Crippen LogP contribution < -0.4 is 5.32 Å². The second-order valence-electron chi connectivity index (χ2n) is 5.29. The van der Waals surface area contributed by atoms with E-state index in [1.54, 1.807) is 6.07 Å². The van der Waals surface area contributed by atoms with Gasteiger partial charge in [-0.15, -0.1) is 0 Å². The molecule has 0 atom stereocenters. The molecule has 3 rings (SSSR count). The van der Waals surface area contributed by atoms with Gasteiger partial charge in [0.15, 0.2) is 0 Å². The van der Waals surface area contributed by atoms with E-state index in [0.29, 0.717) is 12.6 Å². The predicted octanol–water partition coefficient (Wildman–Crippen LogP) is 3.28. The molecule has 3 nitrogen and oxygen atoms in total. The van der Waals surface area contributed by atoms with Crippen molar-refractivity contribution in [1.82, 2.24) is 14.9 Å². The molecule has 1 N–H and O–H groups in total. The van der Waals surface area contributed by atoms with Gasteiger partial charge >= 0.3 is 0 Å². The van der Waals surface area contributed by atoms with Crippen molar-refractivity contribution in [2.45, 2.75) is 38.9 Å². The summed E-state index contributed by atoms with van der Waals surface area (Å²) in [5.74, 6) is 0.563. The van der Waals surface area contributed by atoms with Crippen LogP contribution in [-0.4, -0.2) is 15.6 Å². The summed E-state index contributed by atoms with van der Waals surface area (Å²) in [5, 5.41) is 3.64. The molecule has 1 aromatic carbocycles. The lowest BCUT2D eigenvalue weighted by atomic mass is 10.2. The summed E-state index contributed by atoms with van der Waals surface area (Å²) in [6.45, 7) is 3.39. The van der Waals surface area contributed by atoms with Gasteiger partial charge in [0.05, 0.1) is 10.7 Å². The van der Waals surface area contributed by atoms with E-state index >= 15 is 0 Å². The molecule has 0 amide bonds. The maximum absolute atomic E-state index is 13.5. The van der Waals surface area contributed by atoms with Crippen LogP contribution in [0.5, 0.6) is 0 Å². The number of hydrogen-bond acceptors (Lipinski definition) is 2. The van der Waals surface area contributed by atoms with E-state index in [9.17, 15) is 4.39 Å². The summed E-state index contributed by atoms with van der Waals surface area (Å²) < 4.78 is 15.6. The van der Waals surface area contributed by atoms with Gasteiger partial charge in [-0.25, -0.2) is 9.37 Å². The SMILES string of the molecule is Cc1ncc(CNC2CC2)n1Cc1ccc(Cl)c(F)c1. The van der Waals surface area contributed by atoms with E-state index in [-0.39, 0.29) is 10.8 Å². The van der Waals surface area contributed by atoms with E-state index in [4.69, 9.17) is 11.6 Å². The maximum Gasteiger partial charge on any atom is 0.142 e. The largest absolute Gasteiger partial charge is 0.327 e. The molecule has 5 heteroatoms. The zero-order chi connectivity index (χ0) is 14.1. The van der Waals surface area contributed by atoms with Gasteiger partial charge in [-0.05, 0) is 37.5 Å². The first kappa shape index (κ1) is 13.6. The molecule has 106 valence electrons. The Bertz CT molecular complexity index is 620. The lowest BCUT2D eigenvalue weighted by Gasteiger charge is -2.11. The van der Waals surface area contributed by atoms with Crippen LogP contribution in [0.1, 0.15) is 29.9 Å². The highest BCUT2D eigenvalue weighted by atomic mass is 35.5. The summed E-state index contributed by atoms with van der Waals surface area (Å²) in [7, 11) is 0. The summed E-state index contributed by atoms with van der Waals surface area (Å²) in [4.78, 5) is 4.35. The zero-order valence-corrected chi connectivity index (χ0v) is 12.1. The molecule has 1 aliphatic carbocycles. The molecule has 0 spiro atoms. The van der Waals surface area contributed by atoms with Crippen molar-refractivity contribution in [2.24, 2.45) is 0 Å². The molecule has 1 heterocycles. The van der Waals surface area contributed by atoms with E-state index in [1.807, 2.05) is 19.2 Å². The minimum Gasteiger partial charge on any atom is -0.327 e. The van der Waals surface area contributed by atoms with Crippen LogP contribution in [0.2, 0.25) is 5.02 Å².